The summed E-state index contributed by atoms with van der Waals surface area (Å²) in [5.74, 6) is 1.60. The highest BCUT2D eigenvalue weighted by molar-refractivity contribution is 6.44. The van der Waals surface area contributed by atoms with E-state index in [1.807, 2.05) is 0 Å². The number of carbonyl (C=O) groups is 1. The average molecular weight is 439 g/mol. The molecule has 9 heteroatoms. The van der Waals surface area contributed by atoms with Crippen LogP contribution in [0.25, 0.3) is 0 Å². The fraction of sp³-hybridized carbons (Fsp3) is 0.235. The Bertz CT molecular complexity index is 742. The number of rotatable bonds is 8. The minimum Gasteiger partial charge on any atom is -0.490 e. The molecule has 2 aromatic rings. The van der Waals surface area contributed by atoms with Gasteiger partial charge in [0.05, 0.1) is 11.6 Å². The van der Waals surface area contributed by atoms with Crippen molar-refractivity contribution in [3.8, 4) is 17.2 Å². The second-order valence-electron chi connectivity index (χ2n) is 4.92. The Hall–Kier alpha value is -1.53. The van der Waals surface area contributed by atoms with Crippen molar-refractivity contribution in [2.24, 2.45) is 0 Å². The van der Waals surface area contributed by atoms with Crippen LogP contribution in [-0.4, -0.2) is 30.7 Å². The molecule has 0 atom stereocenters. The molecule has 1 N–H and O–H groups in total. The number of halogens is 4. The monoisotopic (exact) mass is 437 g/mol. The summed E-state index contributed by atoms with van der Waals surface area (Å²) in [5, 5.41) is 3.44. The number of alkyl halides is 2. The van der Waals surface area contributed by atoms with Crippen LogP contribution in [0.3, 0.4) is 0 Å². The van der Waals surface area contributed by atoms with E-state index in [-0.39, 0.29) is 19.8 Å². The quantitative estimate of drug-likeness (QED) is 0.424. The van der Waals surface area contributed by atoms with E-state index in [9.17, 15) is 4.79 Å². The first-order chi connectivity index (χ1) is 12.4. The molecule has 140 valence electrons. The maximum Gasteiger partial charge on any atom is 0.407 e. The molecule has 0 unspecified atom stereocenters. The van der Waals surface area contributed by atoms with Crippen LogP contribution in [0.4, 0.5) is 4.79 Å². The SMILES string of the molecule is O=C(NCCOc1ccc(Oc2cccc(Cl)c2)cc1Cl)OCC(Cl)Cl. The molecule has 0 aliphatic carbocycles. The van der Waals surface area contributed by atoms with Crippen molar-refractivity contribution in [3.63, 3.8) is 0 Å². The first-order valence-corrected chi connectivity index (χ1v) is 9.11. The van der Waals surface area contributed by atoms with E-state index in [0.717, 1.165) is 0 Å². The van der Waals surface area contributed by atoms with Crippen molar-refractivity contribution < 1.29 is 19.0 Å². The molecule has 0 bridgehead atoms. The van der Waals surface area contributed by atoms with Crippen molar-refractivity contribution in [1.29, 1.82) is 0 Å². The molecule has 0 aliphatic rings. The summed E-state index contributed by atoms with van der Waals surface area (Å²) < 4.78 is 15.9. The van der Waals surface area contributed by atoms with Gasteiger partial charge in [-0.05, 0) is 30.3 Å². The van der Waals surface area contributed by atoms with E-state index < -0.39 is 10.9 Å². The minimum absolute atomic E-state index is 0.0876. The van der Waals surface area contributed by atoms with Crippen molar-refractivity contribution in [3.05, 3.63) is 52.5 Å². The Kier molecular flexibility index (Phi) is 8.45. The van der Waals surface area contributed by atoms with E-state index in [4.69, 9.17) is 60.6 Å². The minimum atomic E-state index is -0.761. The van der Waals surface area contributed by atoms with Gasteiger partial charge in [0.1, 0.15) is 35.3 Å². The van der Waals surface area contributed by atoms with Crippen molar-refractivity contribution in [2.75, 3.05) is 19.8 Å². The maximum atomic E-state index is 11.3. The van der Waals surface area contributed by atoms with Gasteiger partial charge in [-0.15, -0.1) is 23.2 Å². The molecule has 0 aliphatic heterocycles. The third-order valence-corrected chi connectivity index (χ3v) is 3.69. The molecule has 0 heterocycles. The highest BCUT2D eigenvalue weighted by Gasteiger charge is 2.07. The molecule has 0 aromatic heterocycles. The third-order valence-electron chi connectivity index (χ3n) is 2.90. The smallest absolute Gasteiger partial charge is 0.407 e. The van der Waals surface area contributed by atoms with Crippen LogP contribution >= 0.6 is 46.4 Å². The molecule has 0 radical (unpaired) electrons. The van der Waals surface area contributed by atoms with Gasteiger partial charge in [0.2, 0.25) is 0 Å². The van der Waals surface area contributed by atoms with Crippen LogP contribution in [-0.2, 0) is 4.74 Å². The van der Waals surface area contributed by atoms with Gasteiger partial charge < -0.3 is 19.5 Å². The zero-order chi connectivity index (χ0) is 18.9. The molecule has 2 aromatic carbocycles. The summed E-state index contributed by atoms with van der Waals surface area (Å²) in [6, 6.07) is 12.0. The molecule has 26 heavy (non-hydrogen) atoms. The van der Waals surface area contributed by atoms with Gasteiger partial charge in [-0.25, -0.2) is 4.79 Å². The van der Waals surface area contributed by atoms with Crippen LogP contribution in [0.2, 0.25) is 10.0 Å². The average Bonchev–Trinajstić information content (AvgIpc) is 2.58. The van der Waals surface area contributed by atoms with E-state index >= 15 is 0 Å². The normalized spacial score (nSPS) is 10.5. The maximum absolute atomic E-state index is 11.3. The number of benzene rings is 2. The highest BCUT2D eigenvalue weighted by Crippen LogP contribution is 2.31. The molecule has 2 rings (SSSR count). The standard InChI is InChI=1S/C17H15Cl4NO4/c18-11-2-1-3-12(8-11)26-13-4-5-15(14(19)9-13)24-7-6-22-17(23)25-10-16(20)21/h1-5,8-9,16H,6-7,10H2,(H,22,23). The number of carbonyl (C=O) groups excluding carboxylic acids is 1. The predicted molar refractivity (Wildman–Crippen MR) is 103 cm³/mol. The summed E-state index contributed by atoms with van der Waals surface area (Å²) in [5.41, 5.74) is 0. The van der Waals surface area contributed by atoms with Gasteiger partial charge >= 0.3 is 6.09 Å². The lowest BCUT2D eigenvalue weighted by Crippen LogP contribution is -2.29. The Labute approximate surface area is 171 Å². The van der Waals surface area contributed by atoms with Crippen LogP contribution < -0.4 is 14.8 Å². The lowest BCUT2D eigenvalue weighted by Gasteiger charge is -2.11. The summed E-state index contributed by atoms with van der Waals surface area (Å²) in [6.07, 6.45) is -0.628. The van der Waals surface area contributed by atoms with Crippen molar-refractivity contribution in [1.82, 2.24) is 5.32 Å². The summed E-state index contributed by atoms with van der Waals surface area (Å²) >= 11 is 23.0. The van der Waals surface area contributed by atoms with Crippen molar-refractivity contribution >= 4 is 52.5 Å². The number of nitrogens with one attached hydrogen (secondary N) is 1. The first kappa shape index (κ1) is 20.8. The summed E-state index contributed by atoms with van der Waals surface area (Å²) in [6.45, 7) is 0.343. The predicted octanol–water partition coefficient (Wildman–Crippen LogP) is 5.69. The second-order valence-corrected chi connectivity index (χ2v) is 7.04. The van der Waals surface area contributed by atoms with E-state index in [0.29, 0.717) is 27.3 Å². The van der Waals surface area contributed by atoms with Crippen LogP contribution in [0.5, 0.6) is 17.2 Å². The number of amides is 1. The van der Waals surface area contributed by atoms with E-state index in [1.54, 1.807) is 42.5 Å². The van der Waals surface area contributed by atoms with Crippen LogP contribution in [0, 0.1) is 0 Å². The van der Waals surface area contributed by atoms with Crippen LogP contribution in [0.1, 0.15) is 0 Å². The molecule has 0 spiro atoms. The van der Waals surface area contributed by atoms with Gasteiger partial charge in [0.25, 0.3) is 0 Å². The lowest BCUT2D eigenvalue weighted by atomic mass is 10.3. The third kappa shape index (κ3) is 7.38. The number of hydrogen-bond donors (Lipinski definition) is 1. The molecule has 5 nitrogen and oxygen atoms in total. The van der Waals surface area contributed by atoms with E-state index in [2.05, 4.69) is 5.32 Å². The number of hydrogen-bond acceptors (Lipinski definition) is 4. The van der Waals surface area contributed by atoms with Gasteiger partial charge in [-0.2, -0.15) is 0 Å². The van der Waals surface area contributed by atoms with Crippen molar-refractivity contribution in [2.45, 2.75) is 4.84 Å². The fourth-order valence-electron chi connectivity index (χ4n) is 1.83. The first-order valence-electron chi connectivity index (χ1n) is 7.48. The lowest BCUT2D eigenvalue weighted by molar-refractivity contribution is 0.148. The molecule has 0 saturated carbocycles. The Morgan fingerprint density at radius 1 is 1.08 bits per heavy atom. The van der Waals surface area contributed by atoms with Gasteiger partial charge in [-0.3, -0.25) is 0 Å². The molecular weight excluding hydrogens is 424 g/mol. The molecule has 1 amide bonds. The second kappa shape index (κ2) is 10.6. The fourth-order valence-corrected chi connectivity index (χ4v) is 2.36. The Morgan fingerprint density at radius 2 is 1.85 bits per heavy atom. The topological polar surface area (TPSA) is 56.8 Å². The number of ether oxygens (including phenoxy) is 3. The van der Waals surface area contributed by atoms with Gasteiger partial charge in [-0.1, -0.05) is 29.3 Å². The Balaban J connectivity index is 1.79. The summed E-state index contributed by atoms with van der Waals surface area (Å²) in [7, 11) is 0. The molecule has 0 fully saturated rings. The van der Waals surface area contributed by atoms with E-state index in [1.165, 1.54) is 0 Å². The Morgan fingerprint density at radius 3 is 2.54 bits per heavy atom. The zero-order valence-corrected chi connectivity index (χ0v) is 16.4. The highest BCUT2D eigenvalue weighted by atomic mass is 35.5. The number of alkyl carbamates (subject to hydrolysis) is 1. The largest absolute Gasteiger partial charge is 0.490 e. The molecule has 0 saturated heterocycles. The summed E-state index contributed by atoms with van der Waals surface area (Å²) in [4.78, 5) is 10.5. The van der Waals surface area contributed by atoms with Crippen LogP contribution in [0.15, 0.2) is 42.5 Å². The van der Waals surface area contributed by atoms with Gasteiger partial charge in [0, 0.05) is 11.1 Å². The zero-order valence-electron chi connectivity index (χ0n) is 13.4. The van der Waals surface area contributed by atoms with Gasteiger partial charge in [0.15, 0.2) is 0 Å². The molecular formula is C17H15Cl4NO4.